The van der Waals surface area contributed by atoms with Crippen LogP contribution < -0.4 is 10.5 Å². The van der Waals surface area contributed by atoms with Gasteiger partial charge in [0.15, 0.2) is 0 Å². The normalized spacial score (nSPS) is 10.6. The quantitative estimate of drug-likeness (QED) is 0.604. The van der Waals surface area contributed by atoms with E-state index in [0.717, 1.165) is 32.2 Å². The first kappa shape index (κ1) is 14.7. The summed E-state index contributed by atoms with van der Waals surface area (Å²) in [4.78, 5) is 0. The fraction of sp³-hybridized carbons (Fsp3) is 0.500. The van der Waals surface area contributed by atoms with Crippen molar-refractivity contribution in [1.29, 1.82) is 0 Å². The second-order valence-electron chi connectivity index (χ2n) is 3.75. The average molecular weight is 325 g/mol. The van der Waals surface area contributed by atoms with Crippen LogP contribution in [0.25, 0.3) is 0 Å². The van der Waals surface area contributed by atoms with Gasteiger partial charge in [0.1, 0.15) is 11.6 Å². The minimum Gasteiger partial charge on any atom is -0.492 e. The Balaban J connectivity index is 2.34. The van der Waals surface area contributed by atoms with E-state index in [1.807, 2.05) is 0 Å². The molecule has 1 aromatic carbocycles. The summed E-state index contributed by atoms with van der Waals surface area (Å²) < 4.78 is 19.3. The minimum atomic E-state index is -0.465. The first-order valence-electron chi connectivity index (χ1n) is 5.62. The van der Waals surface area contributed by atoms with Crippen molar-refractivity contribution < 1.29 is 9.13 Å². The highest BCUT2D eigenvalue weighted by atomic mass is 79.9. The van der Waals surface area contributed by atoms with Crippen molar-refractivity contribution in [2.45, 2.75) is 25.7 Å². The van der Waals surface area contributed by atoms with Gasteiger partial charge in [0.25, 0.3) is 0 Å². The summed E-state index contributed by atoms with van der Waals surface area (Å²) in [6, 6.07) is 2.80. The van der Waals surface area contributed by atoms with E-state index in [1.54, 1.807) is 0 Å². The lowest BCUT2D eigenvalue weighted by molar-refractivity contribution is 0.301. The maximum absolute atomic E-state index is 13.2. The van der Waals surface area contributed by atoms with Crippen LogP contribution in [-0.4, -0.2) is 13.2 Å². The Morgan fingerprint density at radius 2 is 1.94 bits per heavy atom. The molecule has 0 aromatic heterocycles. The molecule has 0 saturated carbocycles. The molecular weight excluding hydrogens is 308 g/mol. The van der Waals surface area contributed by atoms with Crippen molar-refractivity contribution in [2.24, 2.45) is 5.73 Å². The molecule has 0 bridgehead atoms. The van der Waals surface area contributed by atoms with E-state index in [2.05, 4.69) is 15.9 Å². The molecule has 0 aliphatic heterocycles. The third-order valence-electron chi connectivity index (χ3n) is 2.33. The highest BCUT2D eigenvalue weighted by Crippen LogP contribution is 2.30. The Bertz CT molecular complexity index is 363. The fourth-order valence-corrected chi connectivity index (χ4v) is 2.15. The predicted octanol–water partition coefficient (Wildman–Crippen LogP) is 4.14. The molecule has 0 spiro atoms. The summed E-state index contributed by atoms with van der Waals surface area (Å²) in [5.74, 6) is 0.0266. The maximum atomic E-state index is 13.2. The molecular formula is C12H16BrClFNO. The molecule has 0 heterocycles. The average Bonchev–Trinajstić information content (AvgIpc) is 2.30. The molecule has 5 heteroatoms. The highest BCUT2D eigenvalue weighted by molar-refractivity contribution is 9.10. The number of ether oxygens (including phenoxy) is 1. The van der Waals surface area contributed by atoms with Crippen LogP contribution in [0.1, 0.15) is 25.7 Å². The van der Waals surface area contributed by atoms with Gasteiger partial charge in [-0.1, -0.05) is 24.4 Å². The van der Waals surface area contributed by atoms with Crippen molar-refractivity contribution in [3.8, 4) is 5.75 Å². The minimum absolute atomic E-state index is 0.0900. The molecule has 96 valence electrons. The van der Waals surface area contributed by atoms with Gasteiger partial charge in [-0.3, -0.25) is 0 Å². The third kappa shape index (κ3) is 5.23. The van der Waals surface area contributed by atoms with E-state index in [1.165, 1.54) is 12.1 Å². The van der Waals surface area contributed by atoms with Crippen LogP contribution in [0.3, 0.4) is 0 Å². The largest absolute Gasteiger partial charge is 0.492 e. The lowest BCUT2D eigenvalue weighted by Gasteiger charge is -2.08. The highest BCUT2D eigenvalue weighted by Gasteiger charge is 2.07. The van der Waals surface area contributed by atoms with E-state index >= 15 is 0 Å². The zero-order chi connectivity index (χ0) is 12.7. The molecule has 0 aliphatic rings. The number of hydrogen-bond donors (Lipinski definition) is 1. The van der Waals surface area contributed by atoms with Crippen molar-refractivity contribution in [1.82, 2.24) is 0 Å². The number of unbranched alkanes of at least 4 members (excludes halogenated alkanes) is 3. The van der Waals surface area contributed by atoms with Crippen molar-refractivity contribution in [3.05, 3.63) is 27.4 Å². The SMILES string of the molecule is NCCCCCCOc1cc(F)c(Cl)cc1Br. The van der Waals surface area contributed by atoms with Gasteiger partial charge in [-0.25, -0.2) is 4.39 Å². The number of halogens is 3. The van der Waals surface area contributed by atoms with Crippen LogP contribution in [0.4, 0.5) is 4.39 Å². The summed E-state index contributed by atoms with van der Waals surface area (Å²) in [6.45, 7) is 1.30. The zero-order valence-corrected chi connectivity index (χ0v) is 11.9. The molecule has 0 fully saturated rings. The van der Waals surface area contributed by atoms with Crippen molar-refractivity contribution in [3.63, 3.8) is 0 Å². The number of rotatable bonds is 7. The lowest BCUT2D eigenvalue weighted by Crippen LogP contribution is -2.01. The van der Waals surface area contributed by atoms with Gasteiger partial charge in [-0.2, -0.15) is 0 Å². The van der Waals surface area contributed by atoms with Crippen LogP contribution >= 0.6 is 27.5 Å². The first-order valence-corrected chi connectivity index (χ1v) is 6.79. The number of benzene rings is 1. The fourth-order valence-electron chi connectivity index (χ4n) is 1.40. The zero-order valence-electron chi connectivity index (χ0n) is 9.52. The molecule has 2 N–H and O–H groups in total. The molecule has 17 heavy (non-hydrogen) atoms. The van der Waals surface area contributed by atoms with Crippen LogP contribution in [0, 0.1) is 5.82 Å². The molecule has 1 aromatic rings. The molecule has 2 nitrogen and oxygen atoms in total. The predicted molar refractivity (Wildman–Crippen MR) is 72.1 cm³/mol. The summed E-state index contributed by atoms with van der Waals surface area (Å²) in [6.07, 6.45) is 4.16. The smallest absolute Gasteiger partial charge is 0.145 e. The molecule has 0 unspecified atom stereocenters. The third-order valence-corrected chi connectivity index (χ3v) is 3.24. The van der Waals surface area contributed by atoms with Gasteiger partial charge in [0.2, 0.25) is 0 Å². The van der Waals surface area contributed by atoms with E-state index < -0.39 is 5.82 Å². The molecule has 0 aliphatic carbocycles. The molecule has 0 amide bonds. The standard InChI is InChI=1S/C12H16BrClFNO/c13-9-7-10(14)11(15)8-12(9)17-6-4-2-1-3-5-16/h7-8H,1-6,16H2. The summed E-state index contributed by atoms with van der Waals surface area (Å²) in [5.41, 5.74) is 5.39. The van der Waals surface area contributed by atoms with Gasteiger partial charge in [0, 0.05) is 6.07 Å². The van der Waals surface area contributed by atoms with E-state index in [9.17, 15) is 4.39 Å². The Labute approximate surface area is 114 Å². The molecule has 1 rings (SSSR count). The van der Waals surface area contributed by atoms with Crippen LogP contribution in [-0.2, 0) is 0 Å². The van der Waals surface area contributed by atoms with Crippen molar-refractivity contribution in [2.75, 3.05) is 13.2 Å². The number of nitrogens with two attached hydrogens (primary N) is 1. The summed E-state index contributed by atoms with van der Waals surface area (Å²) >= 11 is 8.91. The van der Waals surface area contributed by atoms with Gasteiger partial charge in [0.05, 0.1) is 16.1 Å². The lowest BCUT2D eigenvalue weighted by atomic mass is 10.2. The van der Waals surface area contributed by atoms with Gasteiger partial charge in [-0.15, -0.1) is 0 Å². The molecule has 0 atom stereocenters. The Hall–Kier alpha value is -0.320. The van der Waals surface area contributed by atoms with Crippen LogP contribution in [0.5, 0.6) is 5.75 Å². The Morgan fingerprint density at radius 1 is 1.24 bits per heavy atom. The van der Waals surface area contributed by atoms with Gasteiger partial charge >= 0.3 is 0 Å². The second kappa shape index (κ2) is 7.90. The summed E-state index contributed by atoms with van der Waals surface area (Å²) in [5, 5.41) is 0.0900. The van der Waals surface area contributed by atoms with Crippen LogP contribution in [0.15, 0.2) is 16.6 Å². The second-order valence-corrected chi connectivity index (χ2v) is 5.01. The first-order chi connectivity index (χ1) is 8.15. The molecule has 0 radical (unpaired) electrons. The van der Waals surface area contributed by atoms with E-state index in [4.69, 9.17) is 22.1 Å². The van der Waals surface area contributed by atoms with Crippen molar-refractivity contribution >= 4 is 27.5 Å². The Morgan fingerprint density at radius 3 is 2.65 bits per heavy atom. The van der Waals surface area contributed by atoms with E-state index in [0.29, 0.717) is 16.8 Å². The monoisotopic (exact) mass is 323 g/mol. The topological polar surface area (TPSA) is 35.2 Å². The summed E-state index contributed by atoms with van der Waals surface area (Å²) in [7, 11) is 0. The van der Waals surface area contributed by atoms with Crippen LogP contribution in [0.2, 0.25) is 5.02 Å². The van der Waals surface area contributed by atoms with E-state index in [-0.39, 0.29) is 5.02 Å². The number of hydrogen-bond acceptors (Lipinski definition) is 2. The Kier molecular flexibility index (Phi) is 6.85. The maximum Gasteiger partial charge on any atom is 0.145 e. The molecule has 0 saturated heterocycles. The van der Waals surface area contributed by atoms with Gasteiger partial charge < -0.3 is 10.5 Å². The van der Waals surface area contributed by atoms with Gasteiger partial charge in [-0.05, 0) is 41.4 Å².